The monoisotopic (exact) mass is 785 g/mol. The highest BCUT2D eigenvalue weighted by Crippen LogP contribution is 2.43. The number of hydrogen-bond donors (Lipinski definition) is 2. The zero-order chi connectivity index (χ0) is 39.3. The van der Waals surface area contributed by atoms with Gasteiger partial charge in [-0.3, -0.25) is 33.7 Å². The van der Waals surface area contributed by atoms with E-state index in [0.717, 1.165) is 47.9 Å². The number of rotatable bonds is 12. The maximum absolute atomic E-state index is 16.0. The van der Waals surface area contributed by atoms with Crippen LogP contribution in [-0.2, 0) is 26.1 Å². The fourth-order valence-electron chi connectivity index (χ4n) is 8.13. The summed E-state index contributed by atoms with van der Waals surface area (Å²) >= 11 is 6.10. The van der Waals surface area contributed by atoms with Gasteiger partial charge in [0.2, 0.25) is 5.91 Å². The Morgan fingerprint density at radius 1 is 1.05 bits per heavy atom. The minimum absolute atomic E-state index is 0.00191. The third kappa shape index (κ3) is 7.21. The normalized spacial score (nSPS) is 20.0. The molecular weight excluding hydrogens is 746 g/mol. The second kappa shape index (κ2) is 14.7. The molecule has 1 aliphatic carbocycles. The first-order valence-corrected chi connectivity index (χ1v) is 18.6. The summed E-state index contributed by atoms with van der Waals surface area (Å²) in [6, 6.07) is 6.44. The molecule has 2 saturated heterocycles. The Hall–Kier alpha value is -4.83. The molecule has 3 aliphatic heterocycles. The van der Waals surface area contributed by atoms with E-state index in [2.05, 4.69) is 20.6 Å². The number of carbonyl (C=O) groups is 5. The number of aromatic nitrogens is 2. The Morgan fingerprint density at radius 2 is 1.76 bits per heavy atom. The third-order valence-electron chi connectivity index (χ3n) is 11.4. The maximum atomic E-state index is 16.0. The molecule has 1 saturated carbocycles. The highest BCUT2D eigenvalue weighted by molar-refractivity contribution is 6.33. The van der Waals surface area contributed by atoms with Gasteiger partial charge < -0.3 is 20.3 Å². The topological polar surface area (TPSA) is 137 Å². The number of imide groups is 1. The number of likely N-dealkylation sites (N-methyl/N-ethyl adjacent to an activating group) is 1. The van der Waals surface area contributed by atoms with Crippen LogP contribution in [0, 0.1) is 0 Å². The molecular formula is C38H40ClF4N7O5. The van der Waals surface area contributed by atoms with Gasteiger partial charge in [0.1, 0.15) is 17.9 Å². The number of alkyl halides is 4. The average molecular weight is 786 g/mol. The molecule has 0 bridgehead atoms. The fraction of sp³-hybridized carbons (Fsp3) is 0.474. The number of aldehydes is 1. The van der Waals surface area contributed by atoms with Gasteiger partial charge in [0, 0.05) is 31.9 Å². The summed E-state index contributed by atoms with van der Waals surface area (Å²) in [6.45, 7) is 1.74. The number of nitrogens with one attached hydrogen (secondary N) is 2. The quantitative estimate of drug-likeness (QED) is 0.146. The largest absolute Gasteiger partial charge is 0.416 e. The van der Waals surface area contributed by atoms with Gasteiger partial charge >= 0.3 is 6.18 Å². The summed E-state index contributed by atoms with van der Waals surface area (Å²) in [5, 5.41) is 9.49. The van der Waals surface area contributed by atoms with Gasteiger partial charge in [0.25, 0.3) is 17.7 Å². The molecule has 17 heteroatoms. The number of amides is 4. The van der Waals surface area contributed by atoms with Crippen molar-refractivity contribution in [2.75, 3.05) is 50.0 Å². The molecule has 0 radical (unpaired) electrons. The van der Waals surface area contributed by atoms with E-state index in [1.54, 1.807) is 23.0 Å². The van der Waals surface area contributed by atoms with E-state index in [9.17, 15) is 37.1 Å². The van der Waals surface area contributed by atoms with Crippen LogP contribution in [-0.4, -0.2) is 101 Å². The number of nitrogens with zero attached hydrogens (tertiary/aromatic N) is 5. The summed E-state index contributed by atoms with van der Waals surface area (Å²) in [4.78, 5) is 68.2. The predicted molar refractivity (Wildman–Crippen MR) is 194 cm³/mol. The van der Waals surface area contributed by atoms with Crippen molar-refractivity contribution >= 4 is 52.9 Å². The maximum Gasteiger partial charge on any atom is 0.416 e. The highest BCUT2D eigenvalue weighted by atomic mass is 35.5. The van der Waals surface area contributed by atoms with Gasteiger partial charge in [-0.1, -0.05) is 11.6 Å². The van der Waals surface area contributed by atoms with Crippen molar-refractivity contribution in [2.24, 2.45) is 0 Å². The van der Waals surface area contributed by atoms with Crippen LogP contribution in [0.4, 0.5) is 28.9 Å². The Bertz CT molecular complexity index is 2020. The molecule has 2 aromatic carbocycles. The van der Waals surface area contributed by atoms with Crippen LogP contribution >= 0.6 is 11.6 Å². The van der Waals surface area contributed by atoms with E-state index in [1.807, 2.05) is 11.1 Å². The number of piperidine rings is 1. The van der Waals surface area contributed by atoms with Crippen molar-refractivity contribution in [1.29, 1.82) is 0 Å². The molecule has 4 aliphatic rings. The molecule has 7 rings (SSSR count). The second-order valence-corrected chi connectivity index (χ2v) is 15.3. The first kappa shape index (κ1) is 38.4. The van der Waals surface area contributed by atoms with Gasteiger partial charge in [-0.2, -0.15) is 18.3 Å². The molecule has 2 N–H and O–H groups in total. The van der Waals surface area contributed by atoms with E-state index in [-0.39, 0.29) is 60.2 Å². The number of halogens is 5. The van der Waals surface area contributed by atoms with E-state index in [1.165, 1.54) is 13.1 Å². The van der Waals surface area contributed by atoms with Crippen LogP contribution in [0.25, 0.3) is 0 Å². The Labute approximate surface area is 319 Å². The highest BCUT2D eigenvalue weighted by Gasteiger charge is 2.49. The lowest BCUT2D eigenvalue weighted by Crippen LogP contribution is -2.64. The Kier molecular flexibility index (Phi) is 10.3. The van der Waals surface area contributed by atoms with Crippen LogP contribution in [0.5, 0.6) is 0 Å². The first-order chi connectivity index (χ1) is 26.2. The number of benzene rings is 2. The number of likely N-dealkylation sites (tertiary alicyclic amines) is 1. The summed E-state index contributed by atoms with van der Waals surface area (Å²) in [5.41, 5.74) is -1.43. The van der Waals surface area contributed by atoms with Crippen LogP contribution in [0.3, 0.4) is 0 Å². The smallest absolute Gasteiger partial charge is 0.365 e. The van der Waals surface area contributed by atoms with Crippen LogP contribution in [0.2, 0.25) is 5.02 Å². The number of anilines is 2. The summed E-state index contributed by atoms with van der Waals surface area (Å²) < 4.78 is 56.9. The number of fused-ring (bicyclic) bond motifs is 1. The fourth-order valence-corrected chi connectivity index (χ4v) is 8.36. The zero-order valence-corrected chi connectivity index (χ0v) is 30.8. The van der Waals surface area contributed by atoms with Crippen molar-refractivity contribution in [1.82, 2.24) is 24.9 Å². The first-order valence-electron chi connectivity index (χ1n) is 18.2. The summed E-state index contributed by atoms with van der Waals surface area (Å²) in [6.07, 6.45) is 3.03. The molecule has 292 valence electrons. The van der Waals surface area contributed by atoms with E-state index >= 15 is 4.39 Å². The minimum atomic E-state index is -4.56. The molecule has 0 spiro atoms. The lowest BCUT2D eigenvalue weighted by molar-refractivity contribution is -0.137. The van der Waals surface area contributed by atoms with Crippen LogP contribution in [0.1, 0.15) is 82.7 Å². The molecule has 55 heavy (non-hydrogen) atoms. The van der Waals surface area contributed by atoms with Crippen molar-refractivity contribution < 1.29 is 41.5 Å². The minimum Gasteiger partial charge on any atom is -0.365 e. The summed E-state index contributed by atoms with van der Waals surface area (Å²) in [5.74, 6) is -2.03. The predicted octanol–water partition coefficient (Wildman–Crippen LogP) is 5.17. The van der Waals surface area contributed by atoms with Gasteiger partial charge in [0.05, 0.1) is 46.7 Å². The SMILES string of the molecule is CNC(=O)C(CCC=O)N1C(=O)c2ccc(N3CC(F)(CN4CCC(c5cnn(C6(C(=O)Nc7ccc(C(F)(F)F)cc7Cl)CCC6)c5)CC4)C3)cc2C1=O. The molecule has 1 unspecified atom stereocenters. The number of carbonyl (C=O) groups excluding carboxylic acids is 5. The van der Waals surface area contributed by atoms with Crippen molar-refractivity contribution in [3.05, 3.63) is 76.1 Å². The van der Waals surface area contributed by atoms with Gasteiger partial charge in [0.15, 0.2) is 5.67 Å². The van der Waals surface area contributed by atoms with Crippen molar-refractivity contribution in [3.63, 3.8) is 0 Å². The second-order valence-electron chi connectivity index (χ2n) is 14.9. The van der Waals surface area contributed by atoms with Gasteiger partial charge in [-0.25, -0.2) is 4.39 Å². The van der Waals surface area contributed by atoms with E-state index in [0.29, 0.717) is 37.9 Å². The van der Waals surface area contributed by atoms with Crippen molar-refractivity contribution in [2.45, 2.75) is 74.3 Å². The lowest BCUT2D eigenvalue weighted by atomic mass is 9.76. The Morgan fingerprint density at radius 3 is 2.38 bits per heavy atom. The molecule has 1 aromatic heterocycles. The standard InChI is InChI=1S/C38H40ClF4N7O5/c1-44-32(52)31(4-2-15-51)50-33(53)27-7-6-26(17-28(27)34(50)54)48-21-36(40,22-48)20-47-13-9-23(10-14-47)24-18-45-49(19-24)37(11-3-12-37)35(55)46-30-8-5-25(16-29(30)39)38(41,42)43/h5-8,15-19,23,31H,2-4,9-14,20-22H2,1H3,(H,44,52)(H,46,55). The van der Waals surface area contributed by atoms with Crippen LogP contribution in [0.15, 0.2) is 48.8 Å². The van der Waals surface area contributed by atoms with Gasteiger partial charge in [-0.15, -0.1) is 0 Å². The molecule has 3 fully saturated rings. The average Bonchev–Trinajstić information content (AvgIpc) is 3.70. The van der Waals surface area contributed by atoms with Crippen molar-refractivity contribution in [3.8, 4) is 0 Å². The number of hydrogen-bond acceptors (Lipinski definition) is 8. The zero-order valence-electron chi connectivity index (χ0n) is 30.0. The molecule has 12 nitrogen and oxygen atoms in total. The molecule has 4 heterocycles. The molecule has 1 atom stereocenters. The van der Waals surface area contributed by atoms with E-state index in [4.69, 9.17) is 11.6 Å². The molecule has 4 amide bonds. The van der Waals surface area contributed by atoms with Crippen LogP contribution < -0.4 is 15.5 Å². The Balaban J connectivity index is 0.925. The lowest BCUT2D eigenvalue weighted by Gasteiger charge is -2.48. The third-order valence-corrected chi connectivity index (χ3v) is 11.7. The van der Waals surface area contributed by atoms with Gasteiger partial charge in [-0.05, 0) is 99.5 Å². The molecule has 3 aromatic rings. The summed E-state index contributed by atoms with van der Waals surface area (Å²) in [7, 11) is 1.39. The van der Waals surface area contributed by atoms with E-state index < -0.39 is 52.6 Å².